The minimum absolute atomic E-state index is 0.0548. The number of benzene rings is 2. The smallest absolute Gasteiger partial charge is 0.410 e. The lowest BCUT2D eigenvalue weighted by Crippen LogP contribution is -2.44. The summed E-state index contributed by atoms with van der Waals surface area (Å²) < 4.78 is 11.8. The van der Waals surface area contributed by atoms with Gasteiger partial charge in [-0.05, 0) is 45.0 Å². The summed E-state index contributed by atoms with van der Waals surface area (Å²) in [6.45, 7) is 6.92. The van der Waals surface area contributed by atoms with Gasteiger partial charge in [0.25, 0.3) is 0 Å². The summed E-state index contributed by atoms with van der Waals surface area (Å²) in [5.41, 5.74) is 2.40. The first-order valence-corrected chi connectivity index (χ1v) is 10.1. The lowest BCUT2D eigenvalue weighted by Gasteiger charge is -2.33. The van der Waals surface area contributed by atoms with Crippen molar-refractivity contribution in [2.45, 2.75) is 45.3 Å². The number of likely N-dealkylation sites (tertiary alicyclic amines) is 1. The number of hydrogen-bond acceptors (Lipinski definition) is 4. The number of nitrogens with zero attached hydrogens (tertiary/aromatic N) is 2. The van der Waals surface area contributed by atoms with Gasteiger partial charge in [-0.25, -0.2) is 9.78 Å². The first-order chi connectivity index (χ1) is 13.9. The van der Waals surface area contributed by atoms with Crippen molar-refractivity contribution in [3.05, 3.63) is 48.5 Å². The number of H-pyrrole nitrogens is 1. The fraction of sp³-hybridized carbons (Fsp3) is 0.391. The van der Waals surface area contributed by atoms with Gasteiger partial charge in [0.1, 0.15) is 23.3 Å². The predicted molar refractivity (Wildman–Crippen MR) is 113 cm³/mol. The zero-order valence-corrected chi connectivity index (χ0v) is 17.1. The van der Waals surface area contributed by atoms with Crippen molar-refractivity contribution in [1.29, 1.82) is 0 Å². The quantitative estimate of drug-likeness (QED) is 0.679. The Labute approximate surface area is 170 Å². The molecule has 1 amide bonds. The van der Waals surface area contributed by atoms with Crippen LogP contribution >= 0.6 is 0 Å². The molecule has 152 valence electrons. The predicted octanol–water partition coefficient (Wildman–Crippen LogP) is 5.01. The average Bonchev–Trinajstić information content (AvgIpc) is 3.11. The number of piperidine rings is 1. The molecule has 1 N–H and O–H groups in total. The van der Waals surface area contributed by atoms with Gasteiger partial charge < -0.3 is 19.4 Å². The molecule has 4 rings (SSSR count). The van der Waals surface area contributed by atoms with E-state index >= 15 is 0 Å². The molecule has 2 heterocycles. The van der Waals surface area contributed by atoms with Crippen molar-refractivity contribution in [2.75, 3.05) is 13.1 Å². The first-order valence-electron chi connectivity index (χ1n) is 10.1. The Morgan fingerprint density at radius 1 is 1.07 bits per heavy atom. The van der Waals surface area contributed by atoms with Crippen LogP contribution in [0.3, 0.4) is 0 Å². The molecule has 6 nitrogen and oxygen atoms in total. The second-order valence-electron chi connectivity index (χ2n) is 8.38. The maximum Gasteiger partial charge on any atom is 0.410 e. The van der Waals surface area contributed by atoms with Gasteiger partial charge in [0.2, 0.25) is 0 Å². The van der Waals surface area contributed by atoms with E-state index in [4.69, 9.17) is 14.5 Å². The molecule has 6 heteroatoms. The molecule has 1 aliphatic heterocycles. The van der Waals surface area contributed by atoms with Crippen LogP contribution in [0.5, 0.6) is 5.75 Å². The van der Waals surface area contributed by atoms with E-state index in [1.54, 1.807) is 4.90 Å². The number of ether oxygens (including phenoxy) is 2. The third-order valence-electron chi connectivity index (χ3n) is 4.92. The van der Waals surface area contributed by atoms with Crippen LogP contribution in [0, 0.1) is 0 Å². The van der Waals surface area contributed by atoms with E-state index in [0.29, 0.717) is 13.1 Å². The van der Waals surface area contributed by atoms with Crippen LogP contribution in [-0.4, -0.2) is 45.8 Å². The third kappa shape index (κ3) is 4.53. The van der Waals surface area contributed by atoms with Crippen LogP contribution in [0.15, 0.2) is 48.5 Å². The Hall–Kier alpha value is -3.02. The van der Waals surface area contributed by atoms with Crippen LogP contribution in [0.1, 0.15) is 33.6 Å². The number of carbonyl (C=O) groups excluding carboxylic acids is 1. The van der Waals surface area contributed by atoms with Crippen LogP contribution in [0.4, 0.5) is 4.79 Å². The van der Waals surface area contributed by atoms with E-state index in [1.807, 2.05) is 69.3 Å². The van der Waals surface area contributed by atoms with Crippen molar-refractivity contribution in [2.24, 2.45) is 0 Å². The lowest BCUT2D eigenvalue weighted by atomic mass is 10.1. The fourth-order valence-corrected chi connectivity index (χ4v) is 3.51. The molecule has 0 radical (unpaired) electrons. The molecular weight excluding hydrogens is 366 g/mol. The highest BCUT2D eigenvalue weighted by atomic mass is 16.6. The van der Waals surface area contributed by atoms with Gasteiger partial charge >= 0.3 is 6.09 Å². The molecule has 0 unspecified atom stereocenters. The summed E-state index contributed by atoms with van der Waals surface area (Å²) in [4.78, 5) is 22.1. The van der Waals surface area contributed by atoms with Crippen molar-refractivity contribution in [3.63, 3.8) is 0 Å². The highest BCUT2D eigenvalue weighted by molar-refractivity contribution is 5.80. The Bertz CT molecular complexity index is 965. The topological polar surface area (TPSA) is 67.4 Å². The maximum atomic E-state index is 12.3. The van der Waals surface area contributed by atoms with Crippen molar-refractivity contribution >= 4 is 17.1 Å². The molecule has 0 saturated carbocycles. The van der Waals surface area contributed by atoms with E-state index in [1.165, 1.54) is 0 Å². The van der Waals surface area contributed by atoms with E-state index in [9.17, 15) is 4.79 Å². The molecule has 0 spiro atoms. The molecule has 3 aromatic rings. The summed E-state index contributed by atoms with van der Waals surface area (Å²) in [6, 6.07) is 15.9. The standard InChI is InChI=1S/C23H27N3O3/c1-23(2,3)29-22(27)26-14-12-16(13-15-26)28-20-11-7-4-8-17(20)21-24-18-9-5-6-10-19(18)25-21/h4-11,16H,12-15H2,1-3H3,(H,24,25). The van der Waals surface area contributed by atoms with Crippen LogP contribution in [-0.2, 0) is 4.74 Å². The summed E-state index contributed by atoms with van der Waals surface area (Å²) >= 11 is 0. The van der Waals surface area contributed by atoms with Gasteiger partial charge in [-0.2, -0.15) is 0 Å². The van der Waals surface area contributed by atoms with Gasteiger partial charge in [0.05, 0.1) is 16.6 Å². The van der Waals surface area contributed by atoms with Gasteiger partial charge in [-0.15, -0.1) is 0 Å². The summed E-state index contributed by atoms with van der Waals surface area (Å²) in [7, 11) is 0. The highest BCUT2D eigenvalue weighted by Crippen LogP contribution is 2.31. The summed E-state index contributed by atoms with van der Waals surface area (Å²) in [5.74, 6) is 1.61. The van der Waals surface area contributed by atoms with E-state index in [0.717, 1.165) is 41.0 Å². The number of hydrogen-bond donors (Lipinski definition) is 1. The van der Waals surface area contributed by atoms with Gasteiger partial charge in [-0.1, -0.05) is 24.3 Å². The minimum atomic E-state index is -0.476. The van der Waals surface area contributed by atoms with E-state index in [2.05, 4.69) is 4.98 Å². The Balaban J connectivity index is 1.44. The number of rotatable bonds is 3. The molecule has 0 atom stereocenters. The molecule has 2 aromatic carbocycles. The van der Waals surface area contributed by atoms with Crippen molar-refractivity contribution in [3.8, 4) is 17.1 Å². The molecule has 29 heavy (non-hydrogen) atoms. The monoisotopic (exact) mass is 393 g/mol. The number of fused-ring (bicyclic) bond motifs is 1. The lowest BCUT2D eigenvalue weighted by molar-refractivity contribution is 0.0127. The number of aromatic nitrogens is 2. The van der Waals surface area contributed by atoms with Crippen LogP contribution in [0.25, 0.3) is 22.4 Å². The Kier molecular flexibility index (Phi) is 5.18. The molecule has 1 aromatic heterocycles. The second kappa shape index (κ2) is 7.78. The molecule has 1 fully saturated rings. The SMILES string of the molecule is CC(C)(C)OC(=O)N1CCC(Oc2ccccc2-c2nc3ccccc3[nH]2)CC1. The molecule has 0 bridgehead atoms. The van der Waals surface area contributed by atoms with Crippen molar-refractivity contribution < 1.29 is 14.3 Å². The number of carbonyl (C=O) groups is 1. The highest BCUT2D eigenvalue weighted by Gasteiger charge is 2.28. The van der Waals surface area contributed by atoms with Gasteiger partial charge in [-0.3, -0.25) is 0 Å². The minimum Gasteiger partial charge on any atom is -0.490 e. The first kappa shape index (κ1) is 19.3. The molecule has 1 aliphatic rings. The van der Waals surface area contributed by atoms with Gasteiger partial charge in [0, 0.05) is 25.9 Å². The molecular formula is C23H27N3O3. The van der Waals surface area contributed by atoms with Gasteiger partial charge in [0.15, 0.2) is 0 Å². The molecule has 1 saturated heterocycles. The number of para-hydroxylation sites is 3. The summed E-state index contributed by atoms with van der Waals surface area (Å²) in [5, 5.41) is 0. The number of aromatic amines is 1. The summed E-state index contributed by atoms with van der Waals surface area (Å²) in [6.07, 6.45) is 1.35. The molecule has 0 aliphatic carbocycles. The maximum absolute atomic E-state index is 12.3. The largest absolute Gasteiger partial charge is 0.490 e. The average molecular weight is 393 g/mol. The van der Waals surface area contributed by atoms with Crippen LogP contribution in [0.2, 0.25) is 0 Å². The zero-order chi connectivity index (χ0) is 20.4. The Morgan fingerprint density at radius 3 is 2.48 bits per heavy atom. The zero-order valence-electron chi connectivity index (χ0n) is 17.1. The van der Waals surface area contributed by atoms with Crippen LogP contribution < -0.4 is 4.74 Å². The number of amides is 1. The van der Waals surface area contributed by atoms with E-state index in [-0.39, 0.29) is 12.2 Å². The second-order valence-corrected chi connectivity index (χ2v) is 8.38. The van der Waals surface area contributed by atoms with E-state index < -0.39 is 5.60 Å². The van der Waals surface area contributed by atoms with Crippen molar-refractivity contribution in [1.82, 2.24) is 14.9 Å². The Morgan fingerprint density at radius 2 is 1.76 bits per heavy atom. The fourth-order valence-electron chi connectivity index (χ4n) is 3.51. The number of nitrogens with one attached hydrogen (secondary N) is 1. The number of imidazole rings is 1. The normalized spacial score (nSPS) is 15.5. The third-order valence-corrected chi connectivity index (χ3v) is 4.92.